The lowest BCUT2D eigenvalue weighted by Crippen LogP contribution is -2.14. The summed E-state index contributed by atoms with van der Waals surface area (Å²) >= 11 is 6.17. The topological polar surface area (TPSA) is 25.8 Å². The molecule has 0 atom stereocenters. The van der Waals surface area contributed by atoms with Gasteiger partial charge in [-0.3, -0.25) is 0 Å². The van der Waals surface area contributed by atoms with E-state index in [9.17, 15) is 0 Å². The molecule has 1 aromatic heterocycles. The second kappa shape index (κ2) is 4.85. The molecule has 0 amide bonds. The second-order valence-electron chi connectivity index (χ2n) is 6.55. The van der Waals surface area contributed by atoms with E-state index in [2.05, 4.69) is 50.0 Å². The molecule has 3 heteroatoms. The molecule has 1 heterocycles. The molecule has 0 N–H and O–H groups in total. The summed E-state index contributed by atoms with van der Waals surface area (Å²) in [5.41, 5.74) is 3.39. The van der Waals surface area contributed by atoms with Crippen LogP contribution in [0.5, 0.6) is 0 Å². The molecular formula is C17H19ClN2. The Kier molecular flexibility index (Phi) is 3.29. The summed E-state index contributed by atoms with van der Waals surface area (Å²) in [7, 11) is 0. The van der Waals surface area contributed by atoms with Gasteiger partial charge in [-0.2, -0.15) is 0 Å². The van der Waals surface area contributed by atoms with E-state index < -0.39 is 0 Å². The predicted molar refractivity (Wildman–Crippen MR) is 83.2 cm³/mol. The number of rotatable bonds is 2. The van der Waals surface area contributed by atoms with Crippen molar-refractivity contribution in [3.8, 4) is 11.4 Å². The molecule has 0 radical (unpaired) electrons. The molecule has 0 bridgehead atoms. The Morgan fingerprint density at radius 3 is 2.50 bits per heavy atom. The zero-order valence-corrected chi connectivity index (χ0v) is 12.9. The van der Waals surface area contributed by atoms with E-state index in [-0.39, 0.29) is 5.41 Å². The number of halogens is 1. The summed E-state index contributed by atoms with van der Waals surface area (Å²) in [6.07, 6.45) is 2.60. The fourth-order valence-corrected chi connectivity index (χ4v) is 2.46. The first-order valence-corrected chi connectivity index (χ1v) is 7.47. The minimum atomic E-state index is -0.0323. The first kappa shape index (κ1) is 13.6. The first-order chi connectivity index (χ1) is 9.43. The summed E-state index contributed by atoms with van der Waals surface area (Å²) in [6.45, 7) is 6.40. The fraction of sp³-hybridized carbons (Fsp3) is 0.412. The van der Waals surface area contributed by atoms with E-state index in [0.717, 1.165) is 23.0 Å². The van der Waals surface area contributed by atoms with Crippen molar-refractivity contribution >= 4 is 11.6 Å². The van der Waals surface area contributed by atoms with Crippen LogP contribution in [0.1, 0.15) is 50.8 Å². The molecule has 1 aliphatic carbocycles. The Labute approximate surface area is 125 Å². The van der Waals surface area contributed by atoms with Crippen molar-refractivity contribution in [2.75, 3.05) is 0 Å². The highest BCUT2D eigenvalue weighted by Gasteiger charge is 2.24. The Hall–Kier alpha value is -1.41. The fourth-order valence-electron chi connectivity index (χ4n) is 2.28. The third kappa shape index (κ3) is 2.85. The maximum Gasteiger partial charge on any atom is 0.161 e. The summed E-state index contributed by atoms with van der Waals surface area (Å²) < 4.78 is 0. The summed E-state index contributed by atoms with van der Waals surface area (Å²) in [4.78, 5) is 9.09. The van der Waals surface area contributed by atoms with Gasteiger partial charge in [0, 0.05) is 11.0 Å². The Bertz CT molecular complexity index is 640. The van der Waals surface area contributed by atoms with Gasteiger partial charge in [0.1, 0.15) is 5.15 Å². The van der Waals surface area contributed by atoms with Gasteiger partial charge in [0.25, 0.3) is 0 Å². The van der Waals surface area contributed by atoms with E-state index in [4.69, 9.17) is 16.6 Å². The van der Waals surface area contributed by atoms with E-state index in [0.29, 0.717) is 5.15 Å². The van der Waals surface area contributed by atoms with Crippen LogP contribution in [-0.2, 0) is 5.41 Å². The maximum absolute atomic E-state index is 6.17. The zero-order chi connectivity index (χ0) is 14.3. The molecule has 1 fully saturated rings. The summed E-state index contributed by atoms with van der Waals surface area (Å²) in [5, 5.41) is 0.511. The molecule has 0 spiro atoms. The molecule has 0 saturated heterocycles. The second-order valence-corrected chi connectivity index (χ2v) is 6.94. The summed E-state index contributed by atoms with van der Waals surface area (Å²) in [5.74, 6) is 1.46. The third-order valence-electron chi connectivity index (χ3n) is 3.66. The van der Waals surface area contributed by atoms with Crippen molar-refractivity contribution in [1.29, 1.82) is 0 Å². The van der Waals surface area contributed by atoms with Crippen LogP contribution in [-0.4, -0.2) is 9.97 Å². The van der Waals surface area contributed by atoms with Crippen LogP contribution in [0.2, 0.25) is 5.15 Å². The molecule has 2 aromatic rings. The minimum Gasteiger partial charge on any atom is -0.232 e. The Balaban J connectivity index is 2.05. The normalized spacial score (nSPS) is 15.4. The number of hydrogen-bond acceptors (Lipinski definition) is 2. The lowest BCUT2D eigenvalue weighted by Gasteiger charge is -2.18. The van der Waals surface area contributed by atoms with Gasteiger partial charge in [0.2, 0.25) is 0 Å². The van der Waals surface area contributed by atoms with Crippen molar-refractivity contribution in [2.24, 2.45) is 0 Å². The van der Waals surface area contributed by atoms with Crippen LogP contribution in [0.3, 0.4) is 0 Å². The highest BCUT2D eigenvalue weighted by Crippen LogP contribution is 2.41. The van der Waals surface area contributed by atoms with Gasteiger partial charge < -0.3 is 0 Å². The maximum atomic E-state index is 6.17. The van der Waals surface area contributed by atoms with Crippen molar-refractivity contribution in [3.05, 3.63) is 46.7 Å². The van der Waals surface area contributed by atoms with Crippen LogP contribution in [0.25, 0.3) is 11.4 Å². The van der Waals surface area contributed by atoms with Crippen LogP contribution in [0.15, 0.2) is 30.3 Å². The van der Waals surface area contributed by atoms with Crippen LogP contribution < -0.4 is 0 Å². The molecular weight excluding hydrogens is 268 g/mol. The monoisotopic (exact) mass is 286 g/mol. The van der Waals surface area contributed by atoms with E-state index in [1.807, 2.05) is 6.07 Å². The Morgan fingerprint density at radius 1 is 1.10 bits per heavy atom. The molecule has 1 aromatic carbocycles. The van der Waals surface area contributed by atoms with Crippen molar-refractivity contribution in [1.82, 2.24) is 9.97 Å². The van der Waals surface area contributed by atoms with Crippen molar-refractivity contribution in [2.45, 2.75) is 44.9 Å². The number of benzene rings is 1. The average Bonchev–Trinajstić information content (AvgIpc) is 3.21. The van der Waals surface area contributed by atoms with E-state index in [1.165, 1.54) is 18.4 Å². The molecule has 3 rings (SSSR count). The molecule has 1 saturated carbocycles. The zero-order valence-electron chi connectivity index (χ0n) is 12.2. The molecule has 104 valence electrons. The SMILES string of the molecule is CC(C)(C)c1cc(Cl)nc(-c2cccc(C3CC3)c2)n1. The van der Waals surface area contributed by atoms with Gasteiger partial charge in [-0.25, -0.2) is 9.97 Å². The molecule has 2 nitrogen and oxygen atoms in total. The van der Waals surface area contributed by atoms with Gasteiger partial charge in [0.05, 0.1) is 5.69 Å². The van der Waals surface area contributed by atoms with Crippen LogP contribution in [0.4, 0.5) is 0 Å². The number of aromatic nitrogens is 2. The highest BCUT2D eigenvalue weighted by molar-refractivity contribution is 6.29. The molecule has 0 unspecified atom stereocenters. The predicted octanol–water partition coefficient (Wildman–Crippen LogP) is 4.97. The number of nitrogens with zero attached hydrogens (tertiary/aromatic N) is 2. The van der Waals surface area contributed by atoms with Gasteiger partial charge in [-0.05, 0) is 36.5 Å². The minimum absolute atomic E-state index is 0.0323. The van der Waals surface area contributed by atoms with E-state index >= 15 is 0 Å². The highest BCUT2D eigenvalue weighted by atomic mass is 35.5. The van der Waals surface area contributed by atoms with Gasteiger partial charge in [0.15, 0.2) is 5.82 Å². The third-order valence-corrected chi connectivity index (χ3v) is 3.85. The average molecular weight is 287 g/mol. The molecule has 0 aliphatic heterocycles. The van der Waals surface area contributed by atoms with Crippen LogP contribution in [0, 0.1) is 0 Å². The van der Waals surface area contributed by atoms with Gasteiger partial charge in [-0.15, -0.1) is 0 Å². The summed E-state index contributed by atoms with van der Waals surface area (Å²) in [6, 6.07) is 10.4. The van der Waals surface area contributed by atoms with Crippen molar-refractivity contribution < 1.29 is 0 Å². The van der Waals surface area contributed by atoms with Gasteiger partial charge in [-0.1, -0.05) is 50.6 Å². The van der Waals surface area contributed by atoms with Crippen LogP contribution >= 0.6 is 11.6 Å². The largest absolute Gasteiger partial charge is 0.232 e. The smallest absolute Gasteiger partial charge is 0.161 e. The number of hydrogen-bond donors (Lipinski definition) is 0. The lowest BCUT2D eigenvalue weighted by atomic mass is 9.92. The Morgan fingerprint density at radius 2 is 1.85 bits per heavy atom. The lowest BCUT2D eigenvalue weighted by molar-refractivity contribution is 0.568. The quantitative estimate of drug-likeness (QED) is 0.728. The van der Waals surface area contributed by atoms with Crippen molar-refractivity contribution in [3.63, 3.8) is 0 Å². The molecule has 20 heavy (non-hydrogen) atoms. The van der Waals surface area contributed by atoms with Gasteiger partial charge >= 0.3 is 0 Å². The first-order valence-electron chi connectivity index (χ1n) is 7.09. The van der Waals surface area contributed by atoms with E-state index in [1.54, 1.807) is 0 Å². The molecule has 1 aliphatic rings. The standard InChI is InChI=1S/C17H19ClN2/c1-17(2,3)14-10-15(18)20-16(19-14)13-6-4-5-12(9-13)11-7-8-11/h4-6,9-11H,7-8H2,1-3H3.